The minimum atomic E-state index is -0.508. The molecule has 0 fully saturated rings. The van der Waals surface area contributed by atoms with Crippen molar-refractivity contribution >= 4 is 34.6 Å². The fraction of sp³-hybridized carbons (Fsp3) is 0.333. The molecule has 8 heteroatoms. The maximum absolute atomic E-state index is 12.1. The molecule has 0 bridgehead atoms. The third kappa shape index (κ3) is 2.99. The Morgan fingerprint density at radius 1 is 1.35 bits per heavy atom. The van der Waals surface area contributed by atoms with E-state index >= 15 is 0 Å². The second kappa shape index (κ2) is 6.92. The summed E-state index contributed by atoms with van der Waals surface area (Å²) in [4.78, 5) is 24.9. The molecule has 26 heavy (non-hydrogen) atoms. The van der Waals surface area contributed by atoms with Crippen LogP contribution in [0.15, 0.2) is 12.4 Å². The van der Waals surface area contributed by atoms with E-state index in [2.05, 4.69) is 35.7 Å². The van der Waals surface area contributed by atoms with E-state index in [9.17, 15) is 4.79 Å². The number of nitrogens with two attached hydrogens (primary N) is 1. The van der Waals surface area contributed by atoms with E-state index < -0.39 is 5.97 Å². The topological polar surface area (TPSA) is 95.9 Å². The summed E-state index contributed by atoms with van der Waals surface area (Å²) in [5.41, 5.74) is 11.0. The van der Waals surface area contributed by atoms with E-state index in [-0.39, 0.29) is 11.1 Å². The Morgan fingerprint density at radius 3 is 2.73 bits per heavy atom. The molecule has 7 nitrogen and oxygen atoms in total. The third-order valence-electron chi connectivity index (χ3n) is 4.54. The van der Waals surface area contributed by atoms with Gasteiger partial charge in [-0.05, 0) is 37.0 Å². The number of aromatic nitrogens is 4. The summed E-state index contributed by atoms with van der Waals surface area (Å²) in [6.07, 6.45) is 4.45. The van der Waals surface area contributed by atoms with Crippen molar-refractivity contribution in [2.75, 3.05) is 12.8 Å². The summed E-state index contributed by atoms with van der Waals surface area (Å²) in [6, 6.07) is 0. The van der Waals surface area contributed by atoms with Crippen molar-refractivity contribution in [3.8, 4) is 0 Å². The van der Waals surface area contributed by atoms with Crippen molar-refractivity contribution in [2.24, 2.45) is 0 Å². The van der Waals surface area contributed by atoms with Crippen molar-refractivity contribution in [3.63, 3.8) is 0 Å². The number of hydrogen-bond acceptors (Lipinski definition) is 6. The minimum absolute atomic E-state index is 0.0427. The van der Waals surface area contributed by atoms with Crippen molar-refractivity contribution in [3.05, 3.63) is 45.5 Å². The van der Waals surface area contributed by atoms with Gasteiger partial charge in [0.1, 0.15) is 10.8 Å². The van der Waals surface area contributed by atoms with Crippen LogP contribution in [0.4, 0.5) is 5.95 Å². The van der Waals surface area contributed by atoms with E-state index in [0.717, 1.165) is 23.2 Å². The van der Waals surface area contributed by atoms with Crippen LogP contribution in [0.3, 0.4) is 0 Å². The minimum Gasteiger partial charge on any atom is -0.465 e. The molecule has 0 saturated carbocycles. The number of aryl methyl sites for hydroxylation is 1. The standard InChI is InChI=1S/C18H20ClN5O2/c1-5-11-9(2)6-21-13(10(11)3)8-24-7-12(17(25)26-4)14-15(19)22-18(20)23-16(14)24/h6-7H,5,8H2,1-4H3,(H2,20,22,23). The lowest BCUT2D eigenvalue weighted by Gasteiger charge is -2.13. The van der Waals surface area contributed by atoms with Crippen LogP contribution < -0.4 is 5.73 Å². The van der Waals surface area contributed by atoms with Gasteiger partial charge in [0.25, 0.3) is 0 Å². The van der Waals surface area contributed by atoms with Crippen molar-refractivity contribution in [1.29, 1.82) is 0 Å². The summed E-state index contributed by atoms with van der Waals surface area (Å²) in [6.45, 7) is 6.65. The van der Waals surface area contributed by atoms with Gasteiger partial charge >= 0.3 is 5.97 Å². The molecule has 3 aromatic heterocycles. The first-order valence-corrected chi connectivity index (χ1v) is 8.59. The Labute approximate surface area is 156 Å². The molecule has 0 amide bonds. The largest absolute Gasteiger partial charge is 0.465 e. The zero-order valence-electron chi connectivity index (χ0n) is 15.1. The molecule has 0 aliphatic carbocycles. The molecule has 3 heterocycles. The Morgan fingerprint density at radius 2 is 2.08 bits per heavy atom. The Hall–Kier alpha value is -2.67. The average Bonchev–Trinajstić information content (AvgIpc) is 2.96. The lowest BCUT2D eigenvalue weighted by molar-refractivity contribution is 0.0602. The molecule has 0 aliphatic rings. The molecule has 3 aromatic rings. The Kier molecular flexibility index (Phi) is 4.82. The summed E-state index contributed by atoms with van der Waals surface area (Å²) in [5.74, 6) is -0.465. The fourth-order valence-electron chi connectivity index (χ4n) is 3.23. The predicted molar refractivity (Wildman–Crippen MR) is 100 cm³/mol. The number of anilines is 1. The molecular formula is C18H20ClN5O2. The summed E-state index contributed by atoms with van der Waals surface area (Å²) in [7, 11) is 1.32. The molecule has 0 atom stereocenters. The van der Waals surface area contributed by atoms with Crippen LogP contribution in [-0.4, -0.2) is 32.6 Å². The van der Waals surface area contributed by atoms with Crippen LogP contribution in [-0.2, 0) is 17.7 Å². The second-order valence-corrected chi connectivity index (χ2v) is 6.44. The number of methoxy groups -OCH3 is 1. The monoisotopic (exact) mass is 373 g/mol. The molecule has 0 radical (unpaired) electrons. The van der Waals surface area contributed by atoms with Gasteiger partial charge in [-0.1, -0.05) is 18.5 Å². The summed E-state index contributed by atoms with van der Waals surface area (Å²) in [5, 5.41) is 0.544. The van der Waals surface area contributed by atoms with Gasteiger partial charge in [0.2, 0.25) is 5.95 Å². The van der Waals surface area contributed by atoms with Crippen LogP contribution in [0.1, 0.15) is 39.7 Å². The molecular weight excluding hydrogens is 354 g/mol. The maximum atomic E-state index is 12.1. The zero-order valence-corrected chi connectivity index (χ0v) is 15.9. The van der Waals surface area contributed by atoms with Crippen LogP contribution in [0, 0.1) is 13.8 Å². The van der Waals surface area contributed by atoms with E-state index in [1.54, 1.807) is 10.8 Å². The number of esters is 1. The molecule has 136 valence electrons. The van der Waals surface area contributed by atoms with Crippen molar-refractivity contribution in [1.82, 2.24) is 19.5 Å². The number of nitrogens with zero attached hydrogens (tertiary/aromatic N) is 4. The highest BCUT2D eigenvalue weighted by Gasteiger charge is 2.21. The zero-order chi connectivity index (χ0) is 19.0. The molecule has 3 rings (SSSR count). The number of carbonyl (C=O) groups excluding carboxylic acids is 1. The van der Waals surface area contributed by atoms with Crippen molar-refractivity contribution in [2.45, 2.75) is 33.7 Å². The van der Waals surface area contributed by atoms with Gasteiger partial charge in [-0.15, -0.1) is 0 Å². The highest BCUT2D eigenvalue weighted by molar-refractivity contribution is 6.35. The Bertz CT molecular complexity index is 1010. The number of pyridine rings is 1. The summed E-state index contributed by atoms with van der Waals surface area (Å²) >= 11 is 6.22. The molecule has 0 saturated heterocycles. The fourth-order valence-corrected chi connectivity index (χ4v) is 3.50. The maximum Gasteiger partial charge on any atom is 0.340 e. The van der Waals surface area contributed by atoms with E-state index in [1.165, 1.54) is 12.7 Å². The first kappa shape index (κ1) is 18.1. The molecule has 0 aromatic carbocycles. The lowest BCUT2D eigenvalue weighted by Crippen LogP contribution is -2.07. The van der Waals surface area contributed by atoms with Gasteiger partial charge in [-0.2, -0.15) is 4.98 Å². The predicted octanol–water partition coefficient (Wildman–Crippen LogP) is 3.08. The normalized spacial score (nSPS) is 11.1. The number of halogens is 1. The number of ether oxygens (including phenoxy) is 1. The summed E-state index contributed by atoms with van der Waals surface area (Å²) < 4.78 is 6.66. The van der Waals surface area contributed by atoms with Gasteiger partial charge in [-0.25, -0.2) is 9.78 Å². The number of rotatable bonds is 4. The number of carbonyl (C=O) groups is 1. The molecule has 0 spiro atoms. The molecule has 2 N–H and O–H groups in total. The van der Waals surface area contributed by atoms with Gasteiger partial charge in [-0.3, -0.25) is 4.98 Å². The third-order valence-corrected chi connectivity index (χ3v) is 4.82. The highest BCUT2D eigenvalue weighted by Crippen LogP contribution is 2.28. The van der Waals surface area contributed by atoms with Crippen molar-refractivity contribution < 1.29 is 9.53 Å². The van der Waals surface area contributed by atoms with Gasteiger partial charge in [0.05, 0.1) is 30.3 Å². The highest BCUT2D eigenvalue weighted by atomic mass is 35.5. The van der Waals surface area contributed by atoms with Crippen LogP contribution in [0.2, 0.25) is 5.15 Å². The smallest absolute Gasteiger partial charge is 0.340 e. The number of nitrogen functional groups attached to an aromatic ring is 1. The quantitative estimate of drug-likeness (QED) is 0.557. The average molecular weight is 374 g/mol. The van der Waals surface area contributed by atoms with Crippen LogP contribution in [0.5, 0.6) is 0 Å². The Balaban J connectivity index is 2.19. The van der Waals surface area contributed by atoms with Gasteiger partial charge in [0.15, 0.2) is 0 Å². The first-order chi connectivity index (χ1) is 12.4. The lowest BCUT2D eigenvalue weighted by atomic mass is 10.0. The van der Waals surface area contributed by atoms with E-state index in [1.807, 2.05) is 6.20 Å². The first-order valence-electron chi connectivity index (χ1n) is 8.21. The SMILES string of the molecule is CCc1c(C)cnc(Cn2cc(C(=O)OC)c3c(Cl)nc(N)nc32)c1C. The van der Waals surface area contributed by atoms with Crippen LogP contribution >= 0.6 is 11.6 Å². The van der Waals surface area contributed by atoms with Crippen LogP contribution in [0.25, 0.3) is 11.0 Å². The molecule has 0 aliphatic heterocycles. The van der Waals surface area contributed by atoms with E-state index in [4.69, 9.17) is 22.1 Å². The van der Waals surface area contributed by atoms with Gasteiger partial charge in [0, 0.05) is 12.4 Å². The second-order valence-electron chi connectivity index (χ2n) is 6.08. The van der Waals surface area contributed by atoms with Gasteiger partial charge < -0.3 is 15.0 Å². The number of fused-ring (bicyclic) bond motifs is 1. The van der Waals surface area contributed by atoms with E-state index in [0.29, 0.717) is 23.1 Å². The molecule has 0 unspecified atom stereocenters. The number of hydrogen-bond donors (Lipinski definition) is 1.